The van der Waals surface area contributed by atoms with Crippen LogP contribution in [0.2, 0.25) is 0 Å². The average molecular weight is 201 g/mol. The number of halogens is 1. The molecule has 0 N–H and O–H groups in total. The minimum atomic E-state index is -0.437. The lowest BCUT2D eigenvalue weighted by atomic mass is 10.4. The number of hydrogen-bond acceptors (Lipinski definition) is 4. The van der Waals surface area contributed by atoms with Crippen LogP contribution in [0.5, 0.6) is 0 Å². The van der Waals surface area contributed by atoms with Crippen molar-refractivity contribution in [3.05, 3.63) is 24.3 Å². The van der Waals surface area contributed by atoms with E-state index in [-0.39, 0.29) is 5.69 Å². The standard InChI is InChI=1S/C8H9ClN2O2/c9-3-1-5-13-8(12)7-2-4-10-6-11-7/h2,4,6H,1,3,5H2. The maximum Gasteiger partial charge on any atom is 0.357 e. The predicted molar refractivity (Wildman–Crippen MR) is 47.7 cm³/mol. The van der Waals surface area contributed by atoms with E-state index < -0.39 is 5.97 Å². The number of hydrogen-bond donors (Lipinski definition) is 0. The number of alkyl halides is 1. The quantitative estimate of drug-likeness (QED) is 0.417. The van der Waals surface area contributed by atoms with Gasteiger partial charge in [-0.05, 0) is 12.5 Å². The Morgan fingerprint density at radius 3 is 3.08 bits per heavy atom. The van der Waals surface area contributed by atoms with Gasteiger partial charge in [0.1, 0.15) is 6.33 Å². The number of rotatable bonds is 4. The maximum absolute atomic E-state index is 11.2. The first-order valence-corrected chi connectivity index (χ1v) is 4.37. The normalized spacial score (nSPS) is 9.62. The van der Waals surface area contributed by atoms with Crippen LogP contribution >= 0.6 is 11.6 Å². The van der Waals surface area contributed by atoms with Gasteiger partial charge in [0.15, 0.2) is 5.69 Å². The number of nitrogens with zero attached hydrogens (tertiary/aromatic N) is 2. The third-order valence-corrected chi connectivity index (χ3v) is 1.57. The van der Waals surface area contributed by atoms with Gasteiger partial charge < -0.3 is 4.74 Å². The molecule has 0 aliphatic rings. The van der Waals surface area contributed by atoms with E-state index in [2.05, 4.69) is 9.97 Å². The van der Waals surface area contributed by atoms with Crippen molar-refractivity contribution in [3.8, 4) is 0 Å². The van der Waals surface area contributed by atoms with Crippen LogP contribution < -0.4 is 0 Å². The van der Waals surface area contributed by atoms with Crippen molar-refractivity contribution in [1.82, 2.24) is 9.97 Å². The van der Waals surface area contributed by atoms with Crippen molar-refractivity contribution < 1.29 is 9.53 Å². The highest BCUT2D eigenvalue weighted by molar-refractivity contribution is 6.17. The molecule has 4 nitrogen and oxygen atoms in total. The molecule has 0 radical (unpaired) electrons. The Labute approximate surface area is 80.9 Å². The van der Waals surface area contributed by atoms with Gasteiger partial charge in [-0.1, -0.05) is 0 Å². The highest BCUT2D eigenvalue weighted by atomic mass is 35.5. The molecule has 0 atom stereocenters. The van der Waals surface area contributed by atoms with Crippen molar-refractivity contribution >= 4 is 17.6 Å². The zero-order chi connectivity index (χ0) is 9.52. The average Bonchev–Trinajstić information content (AvgIpc) is 2.19. The van der Waals surface area contributed by atoms with Crippen LogP contribution in [0, 0.1) is 0 Å². The van der Waals surface area contributed by atoms with Gasteiger partial charge in [-0.2, -0.15) is 0 Å². The first-order valence-electron chi connectivity index (χ1n) is 3.83. The third-order valence-electron chi connectivity index (χ3n) is 1.30. The maximum atomic E-state index is 11.2. The van der Waals surface area contributed by atoms with Crippen molar-refractivity contribution in [2.75, 3.05) is 12.5 Å². The number of aromatic nitrogens is 2. The van der Waals surface area contributed by atoms with Crippen molar-refractivity contribution in [2.24, 2.45) is 0 Å². The Hall–Kier alpha value is -1.16. The molecule has 0 unspecified atom stereocenters. The SMILES string of the molecule is O=C(OCCCCl)c1ccncn1. The summed E-state index contributed by atoms with van der Waals surface area (Å²) in [6.07, 6.45) is 3.45. The van der Waals surface area contributed by atoms with Gasteiger partial charge in [0.2, 0.25) is 0 Å². The molecule has 70 valence electrons. The Morgan fingerprint density at radius 1 is 1.62 bits per heavy atom. The molecule has 0 spiro atoms. The summed E-state index contributed by atoms with van der Waals surface area (Å²) in [5.41, 5.74) is 0.268. The minimum absolute atomic E-state index is 0.268. The van der Waals surface area contributed by atoms with Crippen LogP contribution in [-0.4, -0.2) is 28.4 Å². The van der Waals surface area contributed by atoms with E-state index in [4.69, 9.17) is 16.3 Å². The molecule has 0 amide bonds. The van der Waals surface area contributed by atoms with E-state index in [0.29, 0.717) is 18.9 Å². The smallest absolute Gasteiger partial charge is 0.357 e. The monoisotopic (exact) mass is 200 g/mol. The predicted octanol–water partition coefficient (Wildman–Crippen LogP) is 1.26. The van der Waals surface area contributed by atoms with Crippen molar-refractivity contribution in [1.29, 1.82) is 0 Å². The molecule has 0 saturated heterocycles. The van der Waals surface area contributed by atoms with Crippen molar-refractivity contribution in [2.45, 2.75) is 6.42 Å². The van der Waals surface area contributed by atoms with E-state index in [1.54, 1.807) is 0 Å². The fourth-order valence-corrected chi connectivity index (χ4v) is 0.814. The molecule has 0 aliphatic carbocycles. The van der Waals surface area contributed by atoms with Gasteiger partial charge in [-0.3, -0.25) is 0 Å². The molecule has 1 aromatic rings. The first-order chi connectivity index (χ1) is 6.34. The van der Waals surface area contributed by atoms with E-state index in [0.717, 1.165) is 0 Å². The molecule has 13 heavy (non-hydrogen) atoms. The van der Waals surface area contributed by atoms with Gasteiger partial charge in [0, 0.05) is 12.1 Å². The lowest BCUT2D eigenvalue weighted by Gasteiger charge is -2.01. The Morgan fingerprint density at radius 2 is 2.46 bits per heavy atom. The highest BCUT2D eigenvalue weighted by Gasteiger charge is 2.06. The van der Waals surface area contributed by atoms with Crippen LogP contribution in [0.1, 0.15) is 16.9 Å². The Kier molecular flexibility index (Phi) is 4.18. The molecular formula is C8H9ClN2O2. The second-order valence-electron chi connectivity index (χ2n) is 2.27. The first kappa shape index (κ1) is 9.92. The number of carbonyl (C=O) groups is 1. The third kappa shape index (κ3) is 3.38. The van der Waals surface area contributed by atoms with Crippen molar-refractivity contribution in [3.63, 3.8) is 0 Å². The Balaban J connectivity index is 2.40. The molecule has 0 aliphatic heterocycles. The number of esters is 1. The van der Waals surface area contributed by atoms with Crippen LogP contribution in [0.15, 0.2) is 18.6 Å². The van der Waals surface area contributed by atoms with Gasteiger partial charge >= 0.3 is 5.97 Å². The fourth-order valence-electron chi connectivity index (χ4n) is 0.705. The van der Waals surface area contributed by atoms with E-state index in [1.165, 1.54) is 18.6 Å². The number of ether oxygens (including phenoxy) is 1. The molecule has 5 heteroatoms. The van der Waals surface area contributed by atoms with Crippen LogP contribution in [0.4, 0.5) is 0 Å². The lowest BCUT2D eigenvalue weighted by molar-refractivity contribution is 0.0499. The lowest BCUT2D eigenvalue weighted by Crippen LogP contribution is -2.08. The molecule has 1 rings (SSSR count). The summed E-state index contributed by atoms with van der Waals surface area (Å²) in [7, 11) is 0. The van der Waals surface area contributed by atoms with Crippen LogP contribution in [0.25, 0.3) is 0 Å². The molecular weight excluding hydrogens is 192 g/mol. The largest absolute Gasteiger partial charge is 0.461 e. The topological polar surface area (TPSA) is 52.1 Å². The summed E-state index contributed by atoms with van der Waals surface area (Å²) in [5, 5.41) is 0. The van der Waals surface area contributed by atoms with Crippen LogP contribution in [0.3, 0.4) is 0 Å². The molecule has 0 bridgehead atoms. The summed E-state index contributed by atoms with van der Waals surface area (Å²) in [4.78, 5) is 18.6. The highest BCUT2D eigenvalue weighted by Crippen LogP contribution is 1.96. The van der Waals surface area contributed by atoms with Gasteiger partial charge in [-0.15, -0.1) is 11.6 Å². The van der Waals surface area contributed by atoms with Gasteiger partial charge in [0.05, 0.1) is 6.61 Å². The van der Waals surface area contributed by atoms with E-state index >= 15 is 0 Å². The summed E-state index contributed by atoms with van der Waals surface area (Å²) >= 11 is 5.41. The number of carbonyl (C=O) groups excluding carboxylic acids is 1. The zero-order valence-electron chi connectivity index (χ0n) is 6.94. The molecule has 0 aromatic carbocycles. The zero-order valence-corrected chi connectivity index (χ0v) is 7.70. The molecule has 1 heterocycles. The van der Waals surface area contributed by atoms with E-state index in [1.807, 2.05) is 0 Å². The fraction of sp³-hybridized carbons (Fsp3) is 0.375. The van der Waals surface area contributed by atoms with E-state index in [9.17, 15) is 4.79 Å². The summed E-state index contributed by atoms with van der Waals surface area (Å²) in [6, 6.07) is 1.50. The minimum Gasteiger partial charge on any atom is -0.461 e. The summed E-state index contributed by atoms with van der Waals surface area (Å²) in [6.45, 7) is 0.326. The van der Waals surface area contributed by atoms with Gasteiger partial charge in [-0.25, -0.2) is 14.8 Å². The summed E-state index contributed by atoms with van der Waals surface area (Å²) in [5.74, 6) is 0.0457. The Bertz CT molecular complexity index is 266. The molecule has 0 saturated carbocycles. The molecule has 0 fully saturated rings. The summed E-state index contributed by atoms with van der Waals surface area (Å²) < 4.78 is 4.85. The van der Waals surface area contributed by atoms with Crippen LogP contribution in [-0.2, 0) is 4.74 Å². The second-order valence-corrected chi connectivity index (χ2v) is 2.65. The molecule has 1 aromatic heterocycles. The second kappa shape index (κ2) is 5.48. The van der Waals surface area contributed by atoms with Gasteiger partial charge in [0.25, 0.3) is 0 Å².